The topological polar surface area (TPSA) is 55.6 Å². The van der Waals surface area contributed by atoms with Gasteiger partial charge in [-0.2, -0.15) is 0 Å². The highest BCUT2D eigenvalue weighted by Gasteiger charge is 2.21. The van der Waals surface area contributed by atoms with Crippen LogP contribution in [-0.2, 0) is 0 Å². The van der Waals surface area contributed by atoms with E-state index in [-0.39, 0.29) is 11.9 Å². The van der Waals surface area contributed by atoms with Crippen LogP contribution in [0.2, 0.25) is 0 Å². The lowest BCUT2D eigenvalue weighted by Gasteiger charge is -2.27. The molecule has 19 heavy (non-hydrogen) atoms. The Kier molecular flexibility index (Phi) is 5.21. The van der Waals surface area contributed by atoms with Gasteiger partial charge in [-0.3, -0.25) is 4.79 Å². The molecule has 0 heterocycles. The van der Waals surface area contributed by atoms with E-state index in [4.69, 9.17) is 10.5 Å². The molecular formula is C15H24N2O2. The molecule has 0 radical (unpaired) electrons. The SMILES string of the molecule is COc1cc(N)ccc1C(=O)N(C)C(C)CC(C)C. The Bertz CT molecular complexity index is 444. The fraction of sp³-hybridized carbons (Fsp3) is 0.533. The van der Waals surface area contributed by atoms with Gasteiger partial charge in [0.2, 0.25) is 0 Å². The van der Waals surface area contributed by atoms with Crippen molar-refractivity contribution in [1.82, 2.24) is 4.90 Å². The lowest BCUT2D eigenvalue weighted by atomic mass is 10.0. The minimum atomic E-state index is -0.0370. The number of hydrogen-bond donors (Lipinski definition) is 1. The number of rotatable bonds is 5. The van der Waals surface area contributed by atoms with Crippen LogP contribution in [0.25, 0.3) is 0 Å². The lowest BCUT2D eigenvalue weighted by Crippen LogP contribution is -2.36. The fourth-order valence-electron chi connectivity index (χ4n) is 2.11. The maximum atomic E-state index is 12.5. The quantitative estimate of drug-likeness (QED) is 0.832. The van der Waals surface area contributed by atoms with E-state index >= 15 is 0 Å². The van der Waals surface area contributed by atoms with Crippen molar-refractivity contribution in [2.24, 2.45) is 5.92 Å². The Hall–Kier alpha value is -1.71. The highest BCUT2D eigenvalue weighted by atomic mass is 16.5. The average Bonchev–Trinajstić information content (AvgIpc) is 2.36. The Balaban J connectivity index is 2.93. The Morgan fingerprint density at radius 2 is 2.00 bits per heavy atom. The molecule has 1 amide bonds. The maximum Gasteiger partial charge on any atom is 0.257 e. The van der Waals surface area contributed by atoms with Crippen LogP contribution in [0.4, 0.5) is 5.69 Å². The number of hydrogen-bond acceptors (Lipinski definition) is 3. The number of benzene rings is 1. The Morgan fingerprint density at radius 1 is 1.37 bits per heavy atom. The summed E-state index contributed by atoms with van der Waals surface area (Å²) in [6, 6.07) is 5.30. The molecule has 1 unspecified atom stereocenters. The fourth-order valence-corrected chi connectivity index (χ4v) is 2.11. The minimum absolute atomic E-state index is 0.0370. The summed E-state index contributed by atoms with van der Waals surface area (Å²) in [7, 11) is 3.37. The molecule has 1 aromatic rings. The third-order valence-electron chi connectivity index (χ3n) is 3.25. The molecule has 1 aromatic carbocycles. The van der Waals surface area contributed by atoms with Gasteiger partial charge >= 0.3 is 0 Å². The third kappa shape index (κ3) is 3.88. The van der Waals surface area contributed by atoms with E-state index in [0.717, 1.165) is 6.42 Å². The third-order valence-corrected chi connectivity index (χ3v) is 3.25. The standard InChI is InChI=1S/C15H24N2O2/c1-10(2)8-11(3)17(4)15(18)13-7-6-12(16)9-14(13)19-5/h6-7,9-11H,8,16H2,1-5H3. The lowest BCUT2D eigenvalue weighted by molar-refractivity contribution is 0.0725. The molecule has 4 nitrogen and oxygen atoms in total. The first-order valence-corrected chi connectivity index (χ1v) is 6.57. The normalized spacial score (nSPS) is 12.3. The molecule has 1 rings (SSSR count). The molecule has 0 spiro atoms. The molecule has 0 aliphatic carbocycles. The van der Waals surface area contributed by atoms with Crippen LogP contribution >= 0.6 is 0 Å². The molecule has 0 fully saturated rings. The predicted molar refractivity (Wildman–Crippen MR) is 78.4 cm³/mol. The van der Waals surface area contributed by atoms with Gasteiger partial charge in [0, 0.05) is 24.8 Å². The Labute approximate surface area is 115 Å². The van der Waals surface area contributed by atoms with Crippen molar-refractivity contribution in [3.8, 4) is 5.75 Å². The number of carbonyl (C=O) groups is 1. The van der Waals surface area contributed by atoms with E-state index in [0.29, 0.717) is 22.9 Å². The highest BCUT2D eigenvalue weighted by Crippen LogP contribution is 2.24. The summed E-state index contributed by atoms with van der Waals surface area (Å²) in [6.07, 6.45) is 0.972. The van der Waals surface area contributed by atoms with Gasteiger partial charge in [-0.1, -0.05) is 13.8 Å². The minimum Gasteiger partial charge on any atom is -0.496 e. The zero-order valence-corrected chi connectivity index (χ0v) is 12.4. The number of amides is 1. The van der Waals surface area contributed by atoms with Crippen molar-refractivity contribution in [2.45, 2.75) is 33.2 Å². The first-order valence-electron chi connectivity index (χ1n) is 6.57. The number of nitrogens with two attached hydrogens (primary N) is 1. The highest BCUT2D eigenvalue weighted by molar-refractivity contribution is 5.97. The van der Waals surface area contributed by atoms with Crippen LogP contribution in [0.1, 0.15) is 37.6 Å². The first kappa shape index (κ1) is 15.3. The second-order valence-corrected chi connectivity index (χ2v) is 5.35. The van der Waals surface area contributed by atoms with Crippen LogP contribution in [0, 0.1) is 5.92 Å². The smallest absolute Gasteiger partial charge is 0.257 e. The van der Waals surface area contributed by atoms with Gasteiger partial charge in [-0.05, 0) is 31.4 Å². The van der Waals surface area contributed by atoms with Gasteiger partial charge in [0.25, 0.3) is 5.91 Å². The predicted octanol–water partition coefficient (Wildman–Crippen LogP) is 2.78. The van der Waals surface area contributed by atoms with Gasteiger partial charge in [0.15, 0.2) is 0 Å². The first-order chi connectivity index (χ1) is 8.86. The van der Waals surface area contributed by atoms with E-state index in [1.165, 1.54) is 0 Å². The van der Waals surface area contributed by atoms with Crippen molar-refractivity contribution in [2.75, 3.05) is 19.9 Å². The summed E-state index contributed by atoms with van der Waals surface area (Å²) in [5, 5.41) is 0. The largest absolute Gasteiger partial charge is 0.496 e. The molecule has 106 valence electrons. The van der Waals surface area contributed by atoms with Crippen molar-refractivity contribution in [3.05, 3.63) is 23.8 Å². The second kappa shape index (κ2) is 6.45. The van der Waals surface area contributed by atoms with Gasteiger partial charge in [-0.15, -0.1) is 0 Å². The molecular weight excluding hydrogens is 240 g/mol. The van der Waals surface area contributed by atoms with Crippen LogP contribution in [-0.4, -0.2) is 31.0 Å². The zero-order chi connectivity index (χ0) is 14.6. The molecule has 4 heteroatoms. The van der Waals surface area contributed by atoms with Crippen molar-refractivity contribution >= 4 is 11.6 Å². The van der Waals surface area contributed by atoms with Crippen molar-refractivity contribution < 1.29 is 9.53 Å². The summed E-state index contributed by atoms with van der Waals surface area (Å²) in [4.78, 5) is 14.2. The van der Waals surface area contributed by atoms with Gasteiger partial charge < -0.3 is 15.4 Å². The Morgan fingerprint density at radius 3 is 2.53 bits per heavy atom. The maximum absolute atomic E-state index is 12.5. The monoisotopic (exact) mass is 264 g/mol. The number of methoxy groups -OCH3 is 1. The molecule has 0 bridgehead atoms. The molecule has 0 aliphatic heterocycles. The van der Waals surface area contributed by atoms with Crippen molar-refractivity contribution in [1.29, 1.82) is 0 Å². The van der Waals surface area contributed by atoms with E-state index in [2.05, 4.69) is 20.8 Å². The summed E-state index contributed by atoms with van der Waals surface area (Å²) < 4.78 is 5.23. The van der Waals surface area contributed by atoms with Crippen LogP contribution in [0.5, 0.6) is 5.75 Å². The van der Waals surface area contributed by atoms with Crippen LogP contribution in [0.3, 0.4) is 0 Å². The molecule has 0 saturated heterocycles. The summed E-state index contributed by atoms with van der Waals surface area (Å²) in [5.41, 5.74) is 6.84. The molecule has 1 atom stereocenters. The number of ether oxygens (including phenoxy) is 1. The van der Waals surface area contributed by atoms with Gasteiger partial charge in [0.05, 0.1) is 12.7 Å². The average molecular weight is 264 g/mol. The van der Waals surface area contributed by atoms with Gasteiger partial charge in [-0.25, -0.2) is 0 Å². The number of anilines is 1. The number of nitrogens with zero attached hydrogens (tertiary/aromatic N) is 1. The summed E-state index contributed by atoms with van der Waals surface area (Å²) in [6.45, 7) is 6.36. The van der Waals surface area contributed by atoms with E-state index in [1.807, 2.05) is 7.05 Å². The van der Waals surface area contributed by atoms with E-state index in [9.17, 15) is 4.79 Å². The van der Waals surface area contributed by atoms with Gasteiger partial charge in [0.1, 0.15) is 5.75 Å². The second-order valence-electron chi connectivity index (χ2n) is 5.35. The van der Waals surface area contributed by atoms with Crippen molar-refractivity contribution in [3.63, 3.8) is 0 Å². The van der Waals surface area contributed by atoms with Crippen LogP contribution < -0.4 is 10.5 Å². The molecule has 0 aliphatic rings. The zero-order valence-electron chi connectivity index (χ0n) is 12.4. The number of carbonyl (C=O) groups excluding carboxylic acids is 1. The van der Waals surface area contributed by atoms with E-state index < -0.39 is 0 Å². The molecule has 0 aromatic heterocycles. The summed E-state index contributed by atoms with van der Waals surface area (Å²) in [5.74, 6) is 1.04. The van der Waals surface area contributed by atoms with Crippen LogP contribution in [0.15, 0.2) is 18.2 Å². The molecule has 0 saturated carbocycles. The molecule has 2 N–H and O–H groups in total. The summed E-state index contributed by atoms with van der Waals surface area (Å²) >= 11 is 0. The number of nitrogen functional groups attached to an aromatic ring is 1. The van der Waals surface area contributed by atoms with E-state index in [1.54, 1.807) is 30.2 Å².